The molecule has 19 heavy (non-hydrogen) atoms. The zero-order chi connectivity index (χ0) is 14.5. The number of thiocarbonyl (C=S) groups is 1. The first kappa shape index (κ1) is 16.8. The molecule has 0 unspecified atom stereocenters. The van der Waals surface area contributed by atoms with Crippen LogP contribution in [0.5, 0.6) is 0 Å². The highest BCUT2D eigenvalue weighted by Gasteiger charge is 2.45. The molecular formula is C14H26N2OS2. The Labute approximate surface area is 126 Å². The van der Waals surface area contributed by atoms with Crippen molar-refractivity contribution in [3.63, 3.8) is 0 Å². The highest BCUT2D eigenvalue weighted by atomic mass is 32.2. The molecular weight excluding hydrogens is 276 g/mol. The molecule has 0 aromatic heterocycles. The van der Waals surface area contributed by atoms with Gasteiger partial charge in [-0.3, -0.25) is 4.79 Å². The number of hydrogen-bond acceptors (Lipinski definition) is 3. The van der Waals surface area contributed by atoms with E-state index in [1.165, 1.54) is 12.8 Å². The Morgan fingerprint density at radius 2 is 1.89 bits per heavy atom. The van der Waals surface area contributed by atoms with E-state index in [0.29, 0.717) is 4.99 Å². The van der Waals surface area contributed by atoms with Crippen LogP contribution in [0.15, 0.2) is 0 Å². The van der Waals surface area contributed by atoms with Crippen molar-refractivity contribution in [2.75, 3.05) is 12.8 Å². The van der Waals surface area contributed by atoms with Crippen LogP contribution in [-0.4, -0.2) is 28.4 Å². The number of hydrogen-bond donors (Lipinski definition) is 2. The summed E-state index contributed by atoms with van der Waals surface area (Å²) < 4.78 is 0.274. The third kappa shape index (κ3) is 3.85. The van der Waals surface area contributed by atoms with Gasteiger partial charge in [0.25, 0.3) is 0 Å². The van der Waals surface area contributed by atoms with Crippen LogP contribution in [0.4, 0.5) is 0 Å². The molecule has 0 aromatic carbocycles. The average molecular weight is 303 g/mol. The second-order valence-corrected chi connectivity index (χ2v) is 7.23. The van der Waals surface area contributed by atoms with Gasteiger partial charge >= 0.3 is 0 Å². The summed E-state index contributed by atoms with van der Waals surface area (Å²) in [6.45, 7) is 4.88. The van der Waals surface area contributed by atoms with Gasteiger partial charge in [-0.05, 0) is 31.9 Å². The molecule has 0 spiro atoms. The van der Waals surface area contributed by atoms with Crippen LogP contribution >= 0.6 is 24.0 Å². The largest absolute Gasteiger partial charge is 0.392 e. The molecule has 0 heterocycles. The Kier molecular flexibility index (Phi) is 6.12. The summed E-state index contributed by atoms with van der Waals surface area (Å²) in [7, 11) is 0. The first-order valence-electron chi connectivity index (χ1n) is 7.09. The lowest BCUT2D eigenvalue weighted by atomic mass is 9.78. The minimum Gasteiger partial charge on any atom is -0.392 e. The quantitative estimate of drug-likeness (QED) is 0.643. The monoisotopic (exact) mass is 302 g/mol. The number of rotatable bonds is 9. The summed E-state index contributed by atoms with van der Waals surface area (Å²) in [6.07, 6.45) is 7.81. The van der Waals surface area contributed by atoms with Gasteiger partial charge in [0.05, 0.1) is 10.4 Å². The SMILES string of the molecule is CCCC(CCC)(C(=O)NCC1(SC)CC1)C(N)=S. The van der Waals surface area contributed by atoms with Crippen molar-refractivity contribution in [1.29, 1.82) is 0 Å². The van der Waals surface area contributed by atoms with Gasteiger partial charge < -0.3 is 11.1 Å². The van der Waals surface area contributed by atoms with Gasteiger partial charge in [-0.1, -0.05) is 38.9 Å². The van der Waals surface area contributed by atoms with Gasteiger partial charge in [0.2, 0.25) is 5.91 Å². The summed E-state index contributed by atoms with van der Waals surface area (Å²) in [5, 5.41) is 3.10. The van der Waals surface area contributed by atoms with E-state index < -0.39 is 5.41 Å². The van der Waals surface area contributed by atoms with E-state index in [9.17, 15) is 4.79 Å². The lowest BCUT2D eigenvalue weighted by molar-refractivity contribution is -0.128. The minimum absolute atomic E-state index is 0.0315. The van der Waals surface area contributed by atoms with Crippen LogP contribution in [0.2, 0.25) is 0 Å². The lowest BCUT2D eigenvalue weighted by Crippen LogP contribution is -2.50. The molecule has 0 saturated heterocycles. The molecule has 1 aliphatic carbocycles. The van der Waals surface area contributed by atoms with Crippen molar-refractivity contribution >= 4 is 34.9 Å². The number of carbonyl (C=O) groups excluding carboxylic acids is 1. The van der Waals surface area contributed by atoms with Crippen molar-refractivity contribution in [2.24, 2.45) is 11.1 Å². The van der Waals surface area contributed by atoms with Crippen LogP contribution in [0, 0.1) is 5.41 Å². The van der Waals surface area contributed by atoms with Gasteiger partial charge in [-0.25, -0.2) is 0 Å². The zero-order valence-electron chi connectivity index (χ0n) is 12.3. The fourth-order valence-electron chi connectivity index (χ4n) is 2.57. The van der Waals surface area contributed by atoms with E-state index in [0.717, 1.165) is 32.2 Å². The Hall–Kier alpha value is -0.290. The number of nitrogens with one attached hydrogen (secondary N) is 1. The van der Waals surface area contributed by atoms with Crippen LogP contribution in [0.25, 0.3) is 0 Å². The van der Waals surface area contributed by atoms with Crippen molar-refractivity contribution in [3.05, 3.63) is 0 Å². The minimum atomic E-state index is -0.646. The van der Waals surface area contributed by atoms with E-state index >= 15 is 0 Å². The molecule has 0 radical (unpaired) electrons. The molecule has 5 heteroatoms. The molecule has 110 valence electrons. The third-order valence-corrected chi connectivity index (χ3v) is 5.88. The van der Waals surface area contributed by atoms with Gasteiger partial charge in [0.1, 0.15) is 0 Å². The second-order valence-electron chi connectivity index (χ2n) is 5.52. The van der Waals surface area contributed by atoms with E-state index in [-0.39, 0.29) is 10.7 Å². The van der Waals surface area contributed by atoms with E-state index in [2.05, 4.69) is 25.4 Å². The van der Waals surface area contributed by atoms with Crippen LogP contribution in [0.3, 0.4) is 0 Å². The zero-order valence-corrected chi connectivity index (χ0v) is 13.9. The molecule has 0 atom stereocenters. The summed E-state index contributed by atoms with van der Waals surface area (Å²) in [5.74, 6) is 0.0315. The molecule has 1 saturated carbocycles. The molecule has 3 N–H and O–H groups in total. The van der Waals surface area contributed by atoms with E-state index in [4.69, 9.17) is 18.0 Å². The average Bonchev–Trinajstić information content (AvgIpc) is 3.16. The molecule has 1 aliphatic rings. The molecule has 1 amide bonds. The topological polar surface area (TPSA) is 55.1 Å². The first-order chi connectivity index (χ1) is 8.96. The molecule has 0 aliphatic heterocycles. The standard InChI is InChI=1S/C14H26N2OS2/c1-4-6-14(7-5-2,11(15)18)12(17)16-10-13(19-3)8-9-13/h4-10H2,1-3H3,(H2,15,18)(H,16,17). The van der Waals surface area contributed by atoms with Gasteiger partial charge in [0, 0.05) is 11.3 Å². The maximum absolute atomic E-state index is 12.6. The van der Waals surface area contributed by atoms with Crippen molar-refractivity contribution in [1.82, 2.24) is 5.32 Å². The van der Waals surface area contributed by atoms with Crippen LogP contribution in [0.1, 0.15) is 52.4 Å². The number of nitrogens with two attached hydrogens (primary N) is 1. The highest BCUT2D eigenvalue weighted by molar-refractivity contribution is 8.00. The van der Waals surface area contributed by atoms with Crippen LogP contribution in [-0.2, 0) is 4.79 Å². The second kappa shape index (κ2) is 6.93. The predicted molar refractivity (Wildman–Crippen MR) is 87.5 cm³/mol. The summed E-state index contributed by atoms with van der Waals surface area (Å²) in [6, 6.07) is 0. The fourth-order valence-corrected chi connectivity index (χ4v) is 3.59. The smallest absolute Gasteiger partial charge is 0.233 e. The highest BCUT2D eigenvalue weighted by Crippen LogP contribution is 2.46. The molecule has 3 nitrogen and oxygen atoms in total. The Morgan fingerprint density at radius 1 is 1.37 bits per heavy atom. The molecule has 0 bridgehead atoms. The maximum atomic E-state index is 12.6. The van der Waals surface area contributed by atoms with E-state index in [1.54, 1.807) is 0 Å². The van der Waals surface area contributed by atoms with Gasteiger partial charge in [0.15, 0.2) is 0 Å². The van der Waals surface area contributed by atoms with Gasteiger partial charge in [-0.2, -0.15) is 11.8 Å². The Bertz CT molecular complexity index is 334. The molecule has 0 aromatic rings. The summed E-state index contributed by atoms with van der Waals surface area (Å²) in [4.78, 5) is 12.9. The first-order valence-corrected chi connectivity index (χ1v) is 8.73. The fraction of sp³-hybridized carbons (Fsp3) is 0.857. The van der Waals surface area contributed by atoms with Gasteiger partial charge in [-0.15, -0.1) is 0 Å². The lowest BCUT2D eigenvalue weighted by Gasteiger charge is -2.31. The normalized spacial score (nSPS) is 17.0. The Balaban J connectivity index is 2.72. The summed E-state index contributed by atoms with van der Waals surface area (Å²) >= 11 is 7.05. The molecule has 1 fully saturated rings. The number of amides is 1. The van der Waals surface area contributed by atoms with E-state index in [1.807, 2.05) is 11.8 Å². The molecule has 1 rings (SSSR count). The van der Waals surface area contributed by atoms with Crippen molar-refractivity contribution in [3.8, 4) is 0 Å². The number of carbonyl (C=O) groups is 1. The number of thioether (sulfide) groups is 1. The van der Waals surface area contributed by atoms with Crippen LogP contribution < -0.4 is 11.1 Å². The Morgan fingerprint density at radius 3 is 2.21 bits per heavy atom. The predicted octanol–water partition coefficient (Wildman–Crippen LogP) is 2.87. The van der Waals surface area contributed by atoms with Crippen molar-refractivity contribution in [2.45, 2.75) is 57.1 Å². The maximum Gasteiger partial charge on any atom is 0.233 e. The van der Waals surface area contributed by atoms with Crippen molar-refractivity contribution < 1.29 is 4.79 Å². The third-order valence-electron chi connectivity index (χ3n) is 4.07. The summed E-state index contributed by atoms with van der Waals surface area (Å²) in [5.41, 5.74) is 5.25.